The number of rotatable bonds is 4. The second kappa shape index (κ2) is 7.23. The molecule has 26 heavy (non-hydrogen) atoms. The molecular weight excluding hydrogens is 334 g/mol. The van der Waals surface area contributed by atoms with Gasteiger partial charge in [0, 0.05) is 30.2 Å². The van der Waals surface area contributed by atoms with E-state index in [0.29, 0.717) is 11.3 Å². The number of benzene rings is 2. The van der Waals surface area contributed by atoms with Gasteiger partial charge in [0.15, 0.2) is 5.82 Å². The molecule has 3 aromatic rings. The lowest BCUT2D eigenvalue weighted by atomic mass is 10.0. The van der Waals surface area contributed by atoms with Crippen molar-refractivity contribution in [1.82, 2.24) is 9.97 Å². The van der Waals surface area contributed by atoms with Gasteiger partial charge in [0.1, 0.15) is 5.82 Å². The van der Waals surface area contributed by atoms with Crippen LogP contribution >= 0.6 is 0 Å². The van der Waals surface area contributed by atoms with Gasteiger partial charge in [-0.3, -0.25) is 0 Å². The van der Waals surface area contributed by atoms with Gasteiger partial charge < -0.3 is 10.2 Å². The van der Waals surface area contributed by atoms with E-state index in [-0.39, 0.29) is 6.04 Å². The third-order valence-electron chi connectivity index (χ3n) is 4.66. The van der Waals surface area contributed by atoms with E-state index in [1.807, 2.05) is 48.5 Å². The normalized spacial score (nSPS) is 17.7. The minimum absolute atomic E-state index is 0.245. The molecule has 6 heteroatoms. The third-order valence-corrected chi connectivity index (χ3v) is 4.66. The number of para-hydroxylation sites is 2. The van der Waals surface area contributed by atoms with Crippen LogP contribution in [0.3, 0.4) is 0 Å². The van der Waals surface area contributed by atoms with Crippen LogP contribution in [0.1, 0.15) is 25.1 Å². The molecule has 2 heterocycles. The Morgan fingerprint density at radius 1 is 1.00 bits per heavy atom. The topological polar surface area (TPSA) is 41.1 Å². The highest BCUT2D eigenvalue weighted by Crippen LogP contribution is 2.29. The number of aromatic nitrogens is 2. The van der Waals surface area contributed by atoms with Crippen LogP contribution < -0.4 is 10.2 Å². The molecule has 1 aromatic heterocycles. The zero-order chi connectivity index (χ0) is 17.9. The molecule has 2 aromatic carbocycles. The van der Waals surface area contributed by atoms with Crippen LogP contribution in [0.5, 0.6) is 0 Å². The third kappa shape index (κ3) is 3.45. The average molecular weight is 354 g/mol. The van der Waals surface area contributed by atoms with Crippen LogP contribution in [-0.2, 0) is 0 Å². The van der Waals surface area contributed by atoms with Crippen LogP contribution in [0.25, 0.3) is 10.9 Å². The first-order valence-corrected chi connectivity index (χ1v) is 8.82. The molecule has 1 unspecified atom stereocenters. The zero-order valence-corrected chi connectivity index (χ0v) is 14.3. The predicted molar refractivity (Wildman–Crippen MR) is 99.8 cm³/mol. The molecule has 1 aliphatic heterocycles. The average Bonchev–Trinajstić information content (AvgIpc) is 2.68. The largest absolute Gasteiger partial charge is 0.381 e. The molecule has 1 N–H and O–H groups in total. The molecular formula is C20H20F2N4. The number of halogens is 2. The number of piperidine rings is 1. The number of nitrogens with zero attached hydrogens (tertiary/aromatic N) is 3. The number of anilines is 2. The highest BCUT2D eigenvalue weighted by atomic mass is 19.3. The molecule has 0 aliphatic carbocycles. The lowest BCUT2D eigenvalue weighted by Gasteiger charge is -2.35. The fraction of sp³-hybridized carbons (Fsp3) is 0.300. The maximum Gasteiger partial charge on any atom is 0.297 e. The summed E-state index contributed by atoms with van der Waals surface area (Å²) in [6.45, 7) is 1.52. The Balaban J connectivity index is 1.64. The van der Waals surface area contributed by atoms with Crippen LogP contribution in [0, 0.1) is 0 Å². The maximum atomic E-state index is 13.3. The second-order valence-corrected chi connectivity index (χ2v) is 6.52. The fourth-order valence-electron chi connectivity index (χ4n) is 3.47. The molecule has 4 rings (SSSR count). The fourth-order valence-corrected chi connectivity index (χ4v) is 3.47. The molecule has 134 valence electrons. The van der Waals surface area contributed by atoms with Crippen molar-refractivity contribution in [3.63, 3.8) is 0 Å². The Kier molecular flexibility index (Phi) is 4.65. The Hall–Kier alpha value is -2.76. The van der Waals surface area contributed by atoms with Gasteiger partial charge in [0.05, 0.1) is 5.52 Å². The molecule has 1 fully saturated rings. The van der Waals surface area contributed by atoms with Crippen molar-refractivity contribution in [2.24, 2.45) is 0 Å². The van der Waals surface area contributed by atoms with E-state index in [1.165, 1.54) is 0 Å². The molecule has 0 saturated carbocycles. The summed E-state index contributed by atoms with van der Waals surface area (Å²) >= 11 is 0. The van der Waals surface area contributed by atoms with E-state index in [1.54, 1.807) is 6.07 Å². The summed E-state index contributed by atoms with van der Waals surface area (Å²) in [4.78, 5) is 10.3. The van der Waals surface area contributed by atoms with E-state index in [4.69, 9.17) is 0 Å². The summed E-state index contributed by atoms with van der Waals surface area (Å²) in [6.07, 6.45) is -0.662. The lowest BCUT2D eigenvalue weighted by Crippen LogP contribution is -2.42. The van der Waals surface area contributed by atoms with Crippen LogP contribution in [0.2, 0.25) is 0 Å². The summed E-state index contributed by atoms with van der Waals surface area (Å²) in [7, 11) is 0. The van der Waals surface area contributed by atoms with Crippen LogP contribution in [0.4, 0.5) is 20.3 Å². The van der Waals surface area contributed by atoms with Crippen molar-refractivity contribution in [1.29, 1.82) is 0 Å². The Labute approximate surface area is 150 Å². The smallest absolute Gasteiger partial charge is 0.297 e. The van der Waals surface area contributed by atoms with E-state index < -0.39 is 12.2 Å². The van der Waals surface area contributed by atoms with Gasteiger partial charge in [-0.05, 0) is 37.1 Å². The minimum Gasteiger partial charge on any atom is -0.381 e. The minimum atomic E-state index is -2.68. The quantitative estimate of drug-likeness (QED) is 0.740. The SMILES string of the molecule is FC(F)c1nc(N2CCCC(Nc3ccccc3)C2)c2ccccc2n1. The lowest BCUT2D eigenvalue weighted by molar-refractivity contribution is 0.141. The van der Waals surface area contributed by atoms with Gasteiger partial charge >= 0.3 is 0 Å². The Bertz CT molecular complexity index is 885. The maximum absolute atomic E-state index is 13.3. The van der Waals surface area contributed by atoms with Gasteiger partial charge in [0.2, 0.25) is 0 Å². The highest BCUT2D eigenvalue weighted by molar-refractivity contribution is 5.89. The summed E-state index contributed by atoms with van der Waals surface area (Å²) < 4.78 is 26.5. The summed E-state index contributed by atoms with van der Waals surface area (Å²) in [5, 5.41) is 4.35. The van der Waals surface area contributed by atoms with Crippen molar-refractivity contribution in [2.75, 3.05) is 23.3 Å². The molecule has 0 amide bonds. The van der Waals surface area contributed by atoms with Gasteiger partial charge in [-0.1, -0.05) is 30.3 Å². The Morgan fingerprint density at radius 2 is 1.77 bits per heavy atom. The first-order valence-electron chi connectivity index (χ1n) is 8.82. The van der Waals surface area contributed by atoms with Crippen molar-refractivity contribution in [2.45, 2.75) is 25.3 Å². The zero-order valence-electron chi connectivity index (χ0n) is 14.3. The summed E-state index contributed by atoms with van der Waals surface area (Å²) in [6, 6.07) is 17.6. The Morgan fingerprint density at radius 3 is 2.58 bits per heavy atom. The molecule has 1 aliphatic rings. The number of fused-ring (bicyclic) bond motifs is 1. The van der Waals surface area contributed by atoms with Gasteiger partial charge in [0.25, 0.3) is 6.43 Å². The van der Waals surface area contributed by atoms with Gasteiger partial charge in [-0.2, -0.15) is 0 Å². The second-order valence-electron chi connectivity index (χ2n) is 6.52. The first kappa shape index (κ1) is 16.7. The van der Waals surface area contributed by atoms with Crippen LogP contribution in [0.15, 0.2) is 54.6 Å². The van der Waals surface area contributed by atoms with E-state index in [9.17, 15) is 8.78 Å². The van der Waals surface area contributed by atoms with Gasteiger partial charge in [-0.25, -0.2) is 18.7 Å². The van der Waals surface area contributed by atoms with Crippen molar-refractivity contribution in [3.8, 4) is 0 Å². The molecule has 1 atom stereocenters. The number of alkyl halides is 2. The van der Waals surface area contributed by atoms with Crippen LogP contribution in [-0.4, -0.2) is 29.1 Å². The monoisotopic (exact) mass is 354 g/mol. The molecule has 4 nitrogen and oxygen atoms in total. The van der Waals surface area contributed by atoms with E-state index in [0.717, 1.165) is 37.0 Å². The molecule has 0 spiro atoms. The number of hydrogen-bond donors (Lipinski definition) is 1. The number of nitrogens with one attached hydrogen (secondary N) is 1. The summed E-state index contributed by atoms with van der Waals surface area (Å²) in [5.74, 6) is 0.197. The van der Waals surface area contributed by atoms with Crippen molar-refractivity contribution >= 4 is 22.4 Å². The highest BCUT2D eigenvalue weighted by Gasteiger charge is 2.24. The predicted octanol–water partition coefficient (Wildman–Crippen LogP) is 4.65. The molecule has 1 saturated heterocycles. The van der Waals surface area contributed by atoms with E-state index >= 15 is 0 Å². The molecule has 0 radical (unpaired) electrons. The number of hydrogen-bond acceptors (Lipinski definition) is 4. The molecule has 0 bridgehead atoms. The van der Waals surface area contributed by atoms with Gasteiger partial charge in [-0.15, -0.1) is 0 Å². The van der Waals surface area contributed by atoms with Crippen molar-refractivity contribution in [3.05, 3.63) is 60.4 Å². The summed E-state index contributed by atoms with van der Waals surface area (Å²) in [5.41, 5.74) is 1.63. The van der Waals surface area contributed by atoms with Crippen molar-refractivity contribution < 1.29 is 8.78 Å². The standard InChI is InChI=1S/C20H20F2N4/c21-18(22)19-24-17-11-5-4-10-16(17)20(25-19)26-12-6-9-15(13-26)23-14-7-2-1-3-8-14/h1-5,7-8,10-11,15,18,23H,6,9,12-13H2. The van der Waals surface area contributed by atoms with E-state index in [2.05, 4.69) is 20.2 Å². The first-order chi connectivity index (χ1) is 12.7.